The summed E-state index contributed by atoms with van der Waals surface area (Å²) in [4.78, 5) is 9.41. The molecule has 0 radical (unpaired) electrons. The molecular weight excluding hydrogens is 140 g/mol. The molecule has 0 rings (SSSR count). The van der Waals surface area contributed by atoms with Crippen LogP contribution in [0.1, 0.15) is 13.8 Å². The van der Waals surface area contributed by atoms with Gasteiger partial charge in [-0.3, -0.25) is 0 Å². The Bertz CT molecular complexity index is 57.0. The molecule has 0 aromatic rings. The van der Waals surface area contributed by atoms with Crippen LogP contribution in [0.4, 0.5) is 0 Å². The van der Waals surface area contributed by atoms with E-state index in [0.29, 0.717) is 25.0 Å². The molecule has 3 heteroatoms. The predicted molar refractivity (Wildman–Crippen MR) is 37.5 cm³/mol. The first-order valence-corrected chi connectivity index (χ1v) is 3.61. The molecule has 0 aliphatic heterocycles. The van der Waals surface area contributed by atoms with E-state index in [1.807, 2.05) is 0 Å². The van der Waals surface area contributed by atoms with Crippen molar-refractivity contribution in [2.24, 2.45) is 5.92 Å². The Morgan fingerprint density at radius 3 is 2.44 bits per heavy atom. The highest BCUT2D eigenvalue weighted by molar-refractivity contribution is 6.17. The van der Waals surface area contributed by atoms with Crippen LogP contribution in [-0.2, 0) is 9.78 Å². The van der Waals surface area contributed by atoms with Gasteiger partial charge < -0.3 is 0 Å². The number of rotatable bonds is 5. The van der Waals surface area contributed by atoms with Gasteiger partial charge in [0.25, 0.3) is 0 Å². The molecule has 0 aliphatic rings. The van der Waals surface area contributed by atoms with E-state index in [1.54, 1.807) is 0 Å². The lowest BCUT2D eigenvalue weighted by Gasteiger charge is -2.03. The van der Waals surface area contributed by atoms with Gasteiger partial charge in [-0.15, -0.1) is 11.6 Å². The van der Waals surface area contributed by atoms with Crippen molar-refractivity contribution in [2.45, 2.75) is 13.8 Å². The maximum Gasteiger partial charge on any atom is 0.0957 e. The van der Waals surface area contributed by atoms with Gasteiger partial charge in [0.05, 0.1) is 13.2 Å². The molecule has 2 nitrogen and oxygen atoms in total. The molecular formula is C6H13ClO2. The van der Waals surface area contributed by atoms with E-state index in [1.165, 1.54) is 0 Å². The molecule has 0 aliphatic carbocycles. The van der Waals surface area contributed by atoms with E-state index >= 15 is 0 Å². The third-order valence-electron chi connectivity index (χ3n) is 0.645. The Hall–Kier alpha value is 0.210. The van der Waals surface area contributed by atoms with E-state index in [4.69, 9.17) is 16.5 Å². The highest BCUT2D eigenvalue weighted by Gasteiger charge is 1.92. The van der Waals surface area contributed by atoms with Crippen LogP contribution >= 0.6 is 11.6 Å². The van der Waals surface area contributed by atoms with Crippen LogP contribution < -0.4 is 0 Å². The average molecular weight is 153 g/mol. The average Bonchev–Trinajstić information content (AvgIpc) is 1.80. The van der Waals surface area contributed by atoms with Gasteiger partial charge in [-0.2, -0.15) is 0 Å². The molecule has 0 aromatic carbocycles. The van der Waals surface area contributed by atoms with Gasteiger partial charge in [-0.25, -0.2) is 9.78 Å². The monoisotopic (exact) mass is 152 g/mol. The van der Waals surface area contributed by atoms with Crippen LogP contribution in [0.15, 0.2) is 0 Å². The first-order chi connectivity index (χ1) is 4.27. The molecule has 0 aromatic heterocycles. The molecule has 9 heavy (non-hydrogen) atoms. The van der Waals surface area contributed by atoms with Crippen LogP contribution in [-0.4, -0.2) is 19.1 Å². The Morgan fingerprint density at radius 2 is 2.00 bits per heavy atom. The third kappa shape index (κ3) is 8.21. The number of halogens is 1. The molecule has 0 atom stereocenters. The summed E-state index contributed by atoms with van der Waals surface area (Å²) in [6, 6.07) is 0. The molecule has 0 bridgehead atoms. The second-order valence-electron chi connectivity index (χ2n) is 2.19. The zero-order chi connectivity index (χ0) is 7.11. The fourth-order valence-corrected chi connectivity index (χ4v) is 0.338. The zero-order valence-electron chi connectivity index (χ0n) is 5.89. The molecule has 0 saturated heterocycles. The van der Waals surface area contributed by atoms with Gasteiger partial charge in [0, 0.05) is 5.88 Å². The minimum atomic E-state index is 0.467. The number of hydrogen-bond donors (Lipinski definition) is 0. The largest absolute Gasteiger partial charge is 0.236 e. The van der Waals surface area contributed by atoms with Gasteiger partial charge in [0.15, 0.2) is 0 Å². The highest BCUT2D eigenvalue weighted by atomic mass is 35.5. The molecule has 0 N–H and O–H groups in total. The van der Waals surface area contributed by atoms with Crippen LogP contribution in [0.25, 0.3) is 0 Å². The predicted octanol–water partition coefficient (Wildman–Crippen LogP) is 1.83. The second kappa shape index (κ2) is 6.33. The van der Waals surface area contributed by atoms with Crippen molar-refractivity contribution < 1.29 is 9.78 Å². The van der Waals surface area contributed by atoms with Crippen molar-refractivity contribution >= 4 is 11.6 Å². The summed E-state index contributed by atoms with van der Waals surface area (Å²) in [7, 11) is 0. The van der Waals surface area contributed by atoms with Crippen molar-refractivity contribution in [3.63, 3.8) is 0 Å². The fourth-order valence-electron chi connectivity index (χ4n) is 0.275. The summed E-state index contributed by atoms with van der Waals surface area (Å²) >= 11 is 5.31. The first-order valence-electron chi connectivity index (χ1n) is 3.07. The summed E-state index contributed by atoms with van der Waals surface area (Å²) < 4.78 is 0. The van der Waals surface area contributed by atoms with Crippen molar-refractivity contribution in [2.75, 3.05) is 19.1 Å². The van der Waals surface area contributed by atoms with Gasteiger partial charge in [-0.1, -0.05) is 13.8 Å². The minimum absolute atomic E-state index is 0.467. The second-order valence-corrected chi connectivity index (χ2v) is 2.57. The Morgan fingerprint density at radius 1 is 1.33 bits per heavy atom. The molecule has 0 saturated carbocycles. The number of hydrogen-bond acceptors (Lipinski definition) is 2. The summed E-state index contributed by atoms with van der Waals surface area (Å²) in [5.41, 5.74) is 0. The number of alkyl halides is 1. The Kier molecular flexibility index (Phi) is 6.48. The first kappa shape index (κ1) is 9.21. The van der Waals surface area contributed by atoms with Crippen molar-refractivity contribution in [1.29, 1.82) is 0 Å². The Labute approximate surface area is 61.0 Å². The van der Waals surface area contributed by atoms with Gasteiger partial charge >= 0.3 is 0 Å². The van der Waals surface area contributed by atoms with E-state index in [2.05, 4.69) is 18.7 Å². The zero-order valence-corrected chi connectivity index (χ0v) is 6.65. The van der Waals surface area contributed by atoms with Crippen LogP contribution in [0.5, 0.6) is 0 Å². The van der Waals surface area contributed by atoms with E-state index in [0.717, 1.165) is 0 Å². The molecule has 0 heterocycles. The molecule has 0 fully saturated rings. The normalized spacial score (nSPS) is 10.7. The fraction of sp³-hybridized carbons (Fsp3) is 1.00. The smallest absolute Gasteiger partial charge is 0.0957 e. The summed E-state index contributed by atoms with van der Waals surface area (Å²) in [6.45, 7) is 5.22. The SMILES string of the molecule is CC(C)COOCCCl. The maximum atomic E-state index is 5.31. The standard InChI is InChI=1S/C6H13ClO2/c1-6(2)5-9-8-4-3-7/h6H,3-5H2,1-2H3. The van der Waals surface area contributed by atoms with Crippen LogP contribution in [0.2, 0.25) is 0 Å². The van der Waals surface area contributed by atoms with Crippen molar-refractivity contribution in [3.8, 4) is 0 Å². The van der Waals surface area contributed by atoms with Crippen LogP contribution in [0.3, 0.4) is 0 Å². The van der Waals surface area contributed by atoms with Crippen LogP contribution in [0, 0.1) is 5.92 Å². The topological polar surface area (TPSA) is 18.5 Å². The minimum Gasteiger partial charge on any atom is -0.236 e. The van der Waals surface area contributed by atoms with Gasteiger partial charge in [0.2, 0.25) is 0 Å². The lowest BCUT2D eigenvalue weighted by molar-refractivity contribution is -0.295. The van der Waals surface area contributed by atoms with Crippen molar-refractivity contribution in [1.82, 2.24) is 0 Å². The summed E-state index contributed by atoms with van der Waals surface area (Å²) in [5, 5.41) is 0. The van der Waals surface area contributed by atoms with E-state index in [-0.39, 0.29) is 0 Å². The summed E-state index contributed by atoms with van der Waals surface area (Å²) in [6.07, 6.45) is 0. The molecule has 0 amide bonds. The van der Waals surface area contributed by atoms with E-state index in [9.17, 15) is 0 Å². The highest BCUT2D eigenvalue weighted by Crippen LogP contribution is 1.92. The van der Waals surface area contributed by atoms with Gasteiger partial charge in [0.1, 0.15) is 0 Å². The molecule has 0 spiro atoms. The summed E-state index contributed by atoms with van der Waals surface area (Å²) in [5.74, 6) is 0.998. The third-order valence-corrected chi connectivity index (χ3v) is 0.799. The Balaban J connectivity index is 2.75. The lowest BCUT2D eigenvalue weighted by Crippen LogP contribution is -2.04. The quantitative estimate of drug-likeness (QED) is 0.259. The maximum absolute atomic E-state index is 5.31. The van der Waals surface area contributed by atoms with E-state index < -0.39 is 0 Å². The lowest BCUT2D eigenvalue weighted by atomic mass is 10.2. The molecule has 0 unspecified atom stereocenters. The molecule has 56 valence electrons. The van der Waals surface area contributed by atoms with Crippen molar-refractivity contribution in [3.05, 3.63) is 0 Å². The van der Waals surface area contributed by atoms with Gasteiger partial charge in [-0.05, 0) is 5.92 Å².